The number of hydrogen-bond acceptors (Lipinski definition) is 19. The predicted molar refractivity (Wildman–Crippen MR) is 331 cm³/mol. The van der Waals surface area contributed by atoms with Gasteiger partial charge in [0.2, 0.25) is 35.4 Å². The second-order valence-corrected chi connectivity index (χ2v) is 22.0. The number of nitro groups is 2. The number of urea groups is 2. The first-order chi connectivity index (χ1) is 44.5. The minimum Gasteiger partial charge on any atom is -0.394 e. The van der Waals surface area contributed by atoms with Gasteiger partial charge in [0.15, 0.2) is 0 Å². The topological polar surface area (TPSA) is 481 Å². The van der Waals surface area contributed by atoms with E-state index < -0.39 is 136 Å². The van der Waals surface area contributed by atoms with Gasteiger partial charge in [0.25, 0.3) is 35.0 Å². The lowest BCUT2D eigenvalue weighted by atomic mass is 10.0. The Bertz CT molecular complexity index is 3410. The first-order valence-electron chi connectivity index (χ1n) is 29.1. The molecule has 0 aromatic heterocycles. The highest BCUT2D eigenvalue weighted by molar-refractivity contribution is 6.15. The van der Waals surface area contributed by atoms with Crippen LogP contribution in [-0.4, -0.2) is 147 Å². The van der Waals surface area contributed by atoms with Crippen molar-refractivity contribution in [1.82, 2.24) is 41.7 Å². The van der Waals surface area contributed by atoms with Crippen LogP contribution >= 0.6 is 0 Å². The highest BCUT2D eigenvalue weighted by Gasteiger charge is 2.34. The Morgan fingerprint density at radius 2 is 0.830 bits per heavy atom. The molecular formula is C61H68N14O19. The minimum absolute atomic E-state index is 0.0293. The first kappa shape index (κ1) is 71.1. The summed E-state index contributed by atoms with van der Waals surface area (Å²) in [5, 5.41) is 44.3. The predicted octanol–water partition coefficient (Wildman–Crippen LogP) is 2.14. The number of rotatable bonds is 32. The first-order valence-corrected chi connectivity index (χ1v) is 29.1. The van der Waals surface area contributed by atoms with Crippen LogP contribution in [0, 0.1) is 32.1 Å². The molecular weight excluding hydrogens is 1230 g/mol. The van der Waals surface area contributed by atoms with Crippen LogP contribution in [0.15, 0.2) is 109 Å². The summed E-state index contributed by atoms with van der Waals surface area (Å²) in [4.78, 5) is 189. The number of imide groups is 2. The zero-order chi connectivity index (χ0) is 68.9. The molecule has 496 valence electrons. The van der Waals surface area contributed by atoms with Crippen molar-refractivity contribution in [3.05, 3.63) is 152 Å². The number of ether oxygens (including phenoxy) is 2. The molecule has 2 aliphatic heterocycles. The monoisotopic (exact) mass is 1300 g/mol. The highest BCUT2D eigenvalue weighted by atomic mass is 16.7. The number of benzene rings is 4. The lowest BCUT2D eigenvalue weighted by Gasteiger charge is -2.26. The van der Waals surface area contributed by atoms with Crippen LogP contribution in [0.1, 0.15) is 75.6 Å². The maximum atomic E-state index is 13.8. The lowest BCUT2D eigenvalue weighted by molar-refractivity contribution is -0.385. The van der Waals surface area contributed by atoms with Gasteiger partial charge in [-0.25, -0.2) is 14.4 Å². The summed E-state index contributed by atoms with van der Waals surface area (Å²) in [7, 11) is 0. The van der Waals surface area contributed by atoms with Gasteiger partial charge in [-0.2, -0.15) is 0 Å². The zero-order valence-corrected chi connectivity index (χ0v) is 51.1. The maximum Gasteiger partial charge on any atom is 0.519 e. The quantitative estimate of drug-likeness (QED) is 0.00836. The van der Waals surface area contributed by atoms with E-state index in [0.29, 0.717) is 20.9 Å². The molecule has 0 radical (unpaired) electrons. The van der Waals surface area contributed by atoms with Gasteiger partial charge in [-0.1, -0.05) is 52.0 Å². The van der Waals surface area contributed by atoms with Crippen LogP contribution < -0.4 is 63.5 Å². The molecule has 0 saturated carbocycles. The van der Waals surface area contributed by atoms with Gasteiger partial charge in [-0.3, -0.25) is 78.0 Å². The van der Waals surface area contributed by atoms with E-state index in [1.807, 2.05) is 0 Å². The van der Waals surface area contributed by atoms with Crippen molar-refractivity contribution in [2.75, 3.05) is 36.8 Å². The summed E-state index contributed by atoms with van der Waals surface area (Å²) in [5.74, 6) is -8.88. The molecule has 0 saturated heterocycles. The van der Waals surface area contributed by atoms with Crippen LogP contribution in [0.3, 0.4) is 0 Å². The standard InChI is InChI=1S/C61H68N14O19/c1-33(2)53(70-47(76)31-72-49(78)21-22-50(72)79)57(84)68-43(7-5-25-64-59(62)86)55(82)66-39-13-9-35(10-14-39)27-37-29-41(74(89)90)17-19-45(37)93-61(88)94-46-20-18-42(75(91)92)30-38(46)28-36-11-15-40(16-12-36)67-56(83)44(8-6-26-65-60(63)87)69-58(85)54(34(3)4)71-48(77)32-73-51(80)23-24-52(73)81/h9-24,29-30,33-34,43-44,53-54H,5-8,25-28,31-32H2,1-4H3,(H,66,82)(H,67,83)(H,68,84)(H,69,85)(H,70,76)(H,71,77)(H3,62,64,86)(H3,63,65,87)/t43-,44-,53-,54-/m0/s1. The van der Waals surface area contributed by atoms with Gasteiger partial charge in [-0.05, 0) is 85.0 Å². The average Bonchev–Trinajstić information content (AvgIpc) is 1.13. The molecule has 14 amide bonds. The number of carbonyl (C=O) groups excluding carboxylic acids is 13. The Hall–Kier alpha value is -11.9. The number of non-ortho nitro benzene ring substituents is 2. The van der Waals surface area contributed by atoms with E-state index >= 15 is 0 Å². The number of nitro benzene ring substituents is 2. The molecule has 0 bridgehead atoms. The van der Waals surface area contributed by atoms with E-state index in [9.17, 15) is 82.6 Å². The fourth-order valence-electron chi connectivity index (χ4n) is 9.41. The molecule has 12 N–H and O–H groups in total. The summed E-state index contributed by atoms with van der Waals surface area (Å²) in [6.45, 7) is 5.22. The number of carbonyl (C=O) groups is 13. The van der Waals surface area contributed by atoms with Gasteiger partial charge >= 0.3 is 18.2 Å². The van der Waals surface area contributed by atoms with Crippen molar-refractivity contribution in [1.29, 1.82) is 0 Å². The number of anilines is 2. The molecule has 0 fully saturated rings. The zero-order valence-electron chi connectivity index (χ0n) is 51.1. The second kappa shape index (κ2) is 33.2. The third kappa shape index (κ3) is 21.1. The van der Waals surface area contributed by atoms with E-state index in [4.69, 9.17) is 20.9 Å². The number of nitrogens with zero attached hydrogens (tertiary/aromatic N) is 4. The van der Waals surface area contributed by atoms with E-state index in [1.54, 1.807) is 52.0 Å². The van der Waals surface area contributed by atoms with E-state index in [2.05, 4.69) is 42.5 Å². The van der Waals surface area contributed by atoms with Crippen LogP contribution in [-0.2, 0) is 60.8 Å². The van der Waals surface area contributed by atoms with Crippen molar-refractivity contribution in [2.45, 2.75) is 90.4 Å². The number of nitrogens with one attached hydrogen (secondary N) is 8. The van der Waals surface area contributed by atoms with Crippen LogP contribution in [0.4, 0.5) is 37.1 Å². The van der Waals surface area contributed by atoms with E-state index in [1.165, 1.54) is 36.4 Å². The molecule has 4 atom stereocenters. The van der Waals surface area contributed by atoms with Crippen LogP contribution in [0.25, 0.3) is 0 Å². The fourth-order valence-corrected chi connectivity index (χ4v) is 9.41. The molecule has 94 heavy (non-hydrogen) atoms. The molecule has 0 spiro atoms. The van der Waals surface area contributed by atoms with Crippen molar-refractivity contribution in [3.8, 4) is 11.5 Å². The normalized spacial score (nSPS) is 13.7. The summed E-state index contributed by atoms with van der Waals surface area (Å²) in [6, 6.07) is 12.3. The Morgan fingerprint density at radius 1 is 0.489 bits per heavy atom. The minimum atomic E-state index is -1.34. The van der Waals surface area contributed by atoms with Gasteiger partial charge in [0.1, 0.15) is 48.8 Å². The molecule has 2 heterocycles. The van der Waals surface area contributed by atoms with Crippen molar-refractivity contribution in [3.63, 3.8) is 0 Å². The molecule has 6 rings (SSSR count). The Balaban J connectivity index is 1.12. The fraction of sp³-hybridized carbons (Fsp3) is 0.328. The number of nitrogens with two attached hydrogens (primary N) is 2. The van der Waals surface area contributed by atoms with Crippen molar-refractivity contribution in [2.24, 2.45) is 23.3 Å². The molecule has 2 aliphatic rings. The lowest BCUT2D eigenvalue weighted by Crippen LogP contribution is -2.56. The van der Waals surface area contributed by atoms with Crippen molar-refractivity contribution >= 4 is 100 Å². The van der Waals surface area contributed by atoms with Gasteiger partial charge < -0.3 is 63.5 Å². The number of hydrogen-bond donors (Lipinski definition) is 10. The molecule has 4 aromatic rings. The van der Waals surface area contributed by atoms with Crippen LogP contribution in [0.2, 0.25) is 0 Å². The largest absolute Gasteiger partial charge is 0.519 e. The van der Waals surface area contributed by atoms with Crippen molar-refractivity contribution < 1.29 is 81.6 Å². The Kier molecular flexibility index (Phi) is 25.1. The van der Waals surface area contributed by atoms with E-state index in [-0.39, 0.29) is 97.0 Å². The summed E-state index contributed by atoms with van der Waals surface area (Å²) in [6.07, 6.45) is 2.71. The number of amides is 14. The Morgan fingerprint density at radius 3 is 1.14 bits per heavy atom. The average molecular weight is 1300 g/mol. The molecule has 33 heteroatoms. The summed E-state index contributed by atoms with van der Waals surface area (Å²) in [5.41, 5.74) is 11.3. The second-order valence-electron chi connectivity index (χ2n) is 22.0. The van der Waals surface area contributed by atoms with Gasteiger partial charge in [-0.15, -0.1) is 0 Å². The van der Waals surface area contributed by atoms with Gasteiger partial charge in [0, 0.05) is 97.0 Å². The summed E-state index contributed by atoms with van der Waals surface area (Å²) >= 11 is 0. The van der Waals surface area contributed by atoms with Crippen LogP contribution in [0.5, 0.6) is 11.5 Å². The number of primary amides is 2. The Labute approximate surface area is 535 Å². The van der Waals surface area contributed by atoms with Gasteiger partial charge in [0.05, 0.1) is 9.85 Å². The molecule has 0 unspecified atom stereocenters. The maximum absolute atomic E-state index is 13.8. The molecule has 0 aliphatic carbocycles. The van der Waals surface area contributed by atoms with E-state index in [0.717, 1.165) is 48.6 Å². The highest BCUT2D eigenvalue weighted by Crippen LogP contribution is 2.31. The smallest absolute Gasteiger partial charge is 0.394 e. The molecule has 4 aromatic carbocycles. The third-order valence-electron chi connectivity index (χ3n) is 14.3. The SMILES string of the molecule is CC(C)[C@H](NC(=O)CN1C(=O)C=CC1=O)C(=O)N[C@@H](CCCNC(N)=O)C(=O)Nc1ccc(Cc2cc([N+](=O)[O-])ccc2OC(=O)Oc2ccc([N+](=O)[O-])cc2Cc2ccc(NC(=O)[C@H](CCCNC(N)=O)NC(=O)[C@@H](NC(=O)CN3C(=O)C=CC3=O)C(C)C)cc2)cc1. The molecule has 33 nitrogen and oxygen atoms in total. The third-order valence-corrected chi connectivity index (χ3v) is 14.3. The summed E-state index contributed by atoms with van der Waals surface area (Å²) < 4.78 is 11.2.